The molecule has 0 aliphatic carbocycles. The molecule has 2 nitrogen and oxygen atoms in total. The SMILES string of the molecule is C[C@@H](O)CNc1cccc(F)c1. The number of benzene rings is 1. The minimum atomic E-state index is -0.423. The maximum atomic E-state index is 12.6. The summed E-state index contributed by atoms with van der Waals surface area (Å²) in [4.78, 5) is 0. The van der Waals surface area contributed by atoms with Crippen LogP contribution in [0.4, 0.5) is 10.1 Å². The van der Waals surface area contributed by atoms with Crippen molar-refractivity contribution < 1.29 is 9.50 Å². The van der Waals surface area contributed by atoms with Crippen molar-refractivity contribution in [2.45, 2.75) is 13.0 Å². The van der Waals surface area contributed by atoms with Crippen LogP contribution in [-0.2, 0) is 0 Å². The van der Waals surface area contributed by atoms with Crippen LogP contribution in [0.25, 0.3) is 0 Å². The smallest absolute Gasteiger partial charge is 0.125 e. The predicted octanol–water partition coefficient (Wildman–Crippen LogP) is 1.62. The first-order valence-electron chi connectivity index (χ1n) is 3.86. The highest BCUT2D eigenvalue weighted by molar-refractivity contribution is 5.42. The lowest BCUT2D eigenvalue weighted by atomic mass is 10.3. The van der Waals surface area contributed by atoms with Crippen molar-refractivity contribution in [1.29, 1.82) is 0 Å². The predicted molar refractivity (Wildman–Crippen MR) is 46.6 cm³/mol. The molecule has 3 heteroatoms. The second-order valence-electron chi connectivity index (χ2n) is 2.74. The molecule has 0 amide bonds. The molecular formula is C9H12FNO. The van der Waals surface area contributed by atoms with Crippen LogP contribution in [0.1, 0.15) is 6.92 Å². The van der Waals surface area contributed by atoms with E-state index >= 15 is 0 Å². The number of rotatable bonds is 3. The topological polar surface area (TPSA) is 32.3 Å². The second kappa shape index (κ2) is 4.07. The van der Waals surface area contributed by atoms with Gasteiger partial charge in [-0.05, 0) is 25.1 Å². The van der Waals surface area contributed by atoms with Crippen LogP contribution in [0.2, 0.25) is 0 Å². The molecule has 0 heterocycles. The van der Waals surface area contributed by atoms with E-state index in [1.165, 1.54) is 12.1 Å². The Balaban J connectivity index is 2.52. The largest absolute Gasteiger partial charge is 0.392 e. The fourth-order valence-electron chi connectivity index (χ4n) is 0.864. The lowest BCUT2D eigenvalue weighted by Gasteiger charge is -2.07. The van der Waals surface area contributed by atoms with Crippen LogP contribution in [0.3, 0.4) is 0 Å². The van der Waals surface area contributed by atoms with E-state index < -0.39 is 6.10 Å². The van der Waals surface area contributed by atoms with E-state index in [4.69, 9.17) is 5.11 Å². The van der Waals surface area contributed by atoms with Crippen molar-refractivity contribution in [1.82, 2.24) is 0 Å². The Kier molecular flexibility index (Phi) is 3.05. The Morgan fingerprint density at radius 1 is 1.58 bits per heavy atom. The summed E-state index contributed by atoms with van der Waals surface area (Å²) in [5.41, 5.74) is 0.691. The lowest BCUT2D eigenvalue weighted by Crippen LogP contribution is -2.15. The van der Waals surface area contributed by atoms with Gasteiger partial charge < -0.3 is 10.4 Å². The molecule has 0 aliphatic heterocycles. The van der Waals surface area contributed by atoms with Crippen LogP contribution in [-0.4, -0.2) is 17.8 Å². The van der Waals surface area contributed by atoms with Gasteiger partial charge in [-0.25, -0.2) is 4.39 Å². The Morgan fingerprint density at radius 2 is 2.33 bits per heavy atom. The lowest BCUT2D eigenvalue weighted by molar-refractivity contribution is 0.208. The molecule has 0 bridgehead atoms. The van der Waals surface area contributed by atoms with Gasteiger partial charge in [0.15, 0.2) is 0 Å². The summed E-state index contributed by atoms with van der Waals surface area (Å²) in [7, 11) is 0. The van der Waals surface area contributed by atoms with Crippen molar-refractivity contribution in [3.63, 3.8) is 0 Å². The Morgan fingerprint density at radius 3 is 2.92 bits per heavy atom. The maximum absolute atomic E-state index is 12.6. The minimum absolute atomic E-state index is 0.273. The highest BCUT2D eigenvalue weighted by Crippen LogP contribution is 2.08. The monoisotopic (exact) mass is 169 g/mol. The Hall–Kier alpha value is -1.09. The van der Waals surface area contributed by atoms with Gasteiger partial charge in [-0.3, -0.25) is 0 Å². The van der Waals surface area contributed by atoms with Crippen LogP contribution < -0.4 is 5.32 Å². The van der Waals surface area contributed by atoms with E-state index in [-0.39, 0.29) is 5.82 Å². The molecule has 1 aromatic rings. The quantitative estimate of drug-likeness (QED) is 0.720. The van der Waals surface area contributed by atoms with Gasteiger partial charge in [-0.1, -0.05) is 6.07 Å². The zero-order chi connectivity index (χ0) is 8.97. The van der Waals surface area contributed by atoms with Gasteiger partial charge in [0.05, 0.1) is 6.10 Å². The van der Waals surface area contributed by atoms with E-state index in [1.54, 1.807) is 19.1 Å². The molecule has 1 aromatic carbocycles. The maximum Gasteiger partial charge on any atom is 0.125 e. The van der Waals surface area contributed by atoms with Gasteiger partial charge in [0.2, 0.25) is 0 Å². The number of hydrogen-bond donors (Lipinski definition) is 2. The van der Waals surface area contributed by atoms with Crippen LogP contribution in [0, 0.1) is 5.82 Å². The van der Waals surface area contributed by atoms with Crippen LogP contribution >= 0.6 is 0 Å². The van der Waals surface area contributed by atoms with Crippen molar-refractivity contribution in [3.05, 3.63) is 30.1 Å². The first kappa shape index (κ1) is 9.00. The summed E-state index contributed by atoms with van der Waals surface area (Å²) in [5.74, 6) is -0.273. The Bertz CT molecular complexity index is 250. The number of nitrogens with one attached hydrogen (secondary N) is 1. The number of anilines is 1. The molecule has 0 fully saturated rings. The fraction of sp³-hybridized carbons (Fsp3) is 0.333. The normalized spacial score (nSPS) is 12.6. The first-order valence-corrected chi connectivity index (χ1v) is 3.86. The highest BCUT2D eigenvalue weighted by Gasteiger charge is 1.96. The molecule has 0 spiro atoms. The van der Waals surface area contributed by atoms with Gasteiger partial charge >= 0.3 is 0 Å². The van der Waals surface area contributed by atoms with E-state index in [0.717, 1.165) is 0 Å². The molecule has 2 N–H and O–H groups in total. The molecular weight excluding hydrogens is 157 g/mol. The third-order valence-electron chi connectivity index (χ3n) is 1.43. The standard InChI is InChI=1S/C9H12FNO/c1-7(12)6-11-9-4-2-3-8(10)5-9/h2-5,7,11-12H,6H2,1H3/t7-/m1/s1. The summed E-state index contributed by atoms with van der Waals surface area (Å²) < 4.78 is 12.6. The molecule has 0 aliphatic rings. The number of halogens is 1. The molecule has 0 radical (unpaired) electrons. The van der Waals surface area contributed by atoms with Crippen LogP contribution in [0.15, 0.2) is 24.3 Å². The number of hydrogen-bond acceptors (Lipinski definition) is 2. The summed E-state index contributed by atoms with van der Waals surface area (Å²) in [5, 5.41) is 11.8. The fourth-order valence-corrected chi connectivity index (χ4v) is 0.864. The molecule has 0 unspecified atom stereocenters. The molecule has 1 rings (SSSR count). The van der Waals surface area contributed by atoms with Gasteiger partial charge in [-0.15, -0.1) is 0 Å². The van der Waals surface area contributed by atoms with E-state index in [9.17, 15) is 4.39 Å². The highest BCUT2D eigenvalue weighted by atomic mass is 19.1. The zero-order valence-electron chi connectivity index (χ0n) is 6.92. The van der Waals surface area contributed by atoms with Gasteiger partial charge in [-0.2, -0.15) is 0 Å². The number of aliphatic hydroxyl groups excluding tert-OH is 1. The third kappa shape index (κ3) is 2.88. The average Bonchev–Trinajstić information content (AvgIpc) is 2.01. The summed E-state index contributed by atoms with van der Waals surface area (Å²) in [6.45, 7) is 2.11. The number of aliphatic hydroxyl groups is 1. The van der Waals surface area contributed by atoms with Gasteiger partial charge in [0.1, 0.15) is 5.82 Å². The summed E-state index contributed by atoms with van der Waals surface area (Å²) >= 11 is 0. The third-order valence-corrected chi connectivity index (χ3v) is 1.43. The summed E-state index contributed by atoms with van der Waals surface area (Å²) in [6.07, 6.45) is -0.423. The molecule has 0 aromatic heterocycles. The van der Waals surface area contributed by atoms with Crippen molar-refractivity contribution in [3.8, 4) is 0 Å². The van der Waals surface area contributed by atoms with Gasteiger partial charge in [0.25, 0.3) is 0 Å². The molecule has 0 saturated heterocycles. The molecule has 66 valence electrons. The summed E-state index contributed by atoms with van der Waals surface area (Å²) in [6, 6.07) is 6.15. The Labute approximate surface area is 71.0 Å². The molecule has 12 heavy (non-hydrogen) atoms. The van der Waals surface area contributed by atoms with E-state index in [1.807, 2.05) is 0 Å². The zero-order valence-corrected chi connectivity index (χ0v) is 6.92. The van der Waals surface area contributed by atoms with Crippen LogP contribution in [0.5, 0.6) is 0 Å². The molecule has 1 atom stereocenters. The van der Waals surface area contributed by atoms with Crippen molar-refractivity contribution in [2.24, 2.45) is 0 Å². The van der Waals surface area contributed by atoms with Crippen molar-refractivity contribution >= 4 is 5.69 Å². The van der Waals surface area contributed by atoms with Gasteiger partial charge in [0, 0.05) is 12.2 Å². The van der Waals surface area contributed by atoms with E-state index in [2.05, 4.69) is 5.32 Å². The average molecular weight is 169 g/mol. The minimum Gasteiger partial charge on any atom is -0.392 e. The first-order chi connectivity index (χ1) is 5.68. The van der Waals surface area contributed by atoms with E-state index in [0.29, 0.717) is 12.2 Å². The molecule has 0 saturated carbocycles. The second-order valence-corrected chi connectivity index (χ2v) is 2.74. The van der Waals surface area contributed by atoms with Crippen molar-refractivity contribution in [2.75, 3.05) is 11.9 Å².